The van der Waals surface area contributed by atoms with Crippen LogP contribution in [0.1, 0.15) is 12.5 Å². The summed E-state index contributed by atoms with van der Waals surface area (Å²) in [5, 5.41) is 18.6. The molecule has 20 heavy (non-hydrogen) atoms. The van der Waals surface area contributed by atoms with Crippen molar-refractivity contribution in [1.29, 1.82) is 0 Å². The Hall–Kier alpha value is -2.71. The summed E-state index contributed by atoms with van der Waals surface area (Å²) in [6, 6.07) is -0.496. The topological polar surface area (TPSA) is 99.1 Å². The average molecular weight is 276 g/mol. The fourth-order valence-corrected chi connectivity index (χ4v) is 2.31. The third-order valence-corrected chi connectivity index (χ3v) is 3.30. The molecule has 2 aromatic rings. The van der Waals surface area contributed by atoms with Crippen LogP contribution in [0.4, 0.5) is 11.4 Å². The summed E-state index contributed by atoms with van der Waals surface area (Å²) in [4.78, 5) is 24.1. The van der Waals surface area contributed by atoms with Crippen LogP contribution in [-0.2, 0) is 11.8 Å². The van der Waals surface area contributed by atoms with Crippen molar-refractivity contribution >= 4 is 17.3 Å². The molecule has 3 rings (SSSR count). The predicted molar refractivity (Wildman–Crippen MR) is 68.1 cm³/mol. The number of aryl methyl sites for hydroxylation is 1. The smallest absolute Gasteiger partial charge is 0.307 e. The van der Waals surface area contributed by atoms with Gasteiger partial charge in [0.15, 0.2) is 0 Å². The molecule has 0 bridgehead atoms. The lowest BCUT2D eigenvalue weighted by molar-refractivity contribution is -0.385. The first kappa shape index (κ1) is 12.3. The molecular formula is C11H12N6O3. The Morgan fingerprint density at radius 1 is 1.35 bits per heavy atom. The number of nitro groups is 1. The molecule has 0 unspecified atom stereocenters. The molecule has 1 aliphatic rings. The molecule has 0 radical (unpaired) electrons. The number of nitrogens with zero attached hydrogens (tertiary/aromatic N) is 6. The first-order valence-corrected chi connectivity index (χ1v) is 6.05. The van der Waals surface area contributed by atoms with Crippen molar-refractivity contribution in [2.75, 3.05) is 11.4 Å². The largest absolute Gasteiger partial charge is 0.308 e. The monoisotopic (exact) mass is 276 g/mol. The third-order valence-electron chi connectivity index (χ3n) is 3.30. The van der Waals surface area contributed by atoms with Crippen LogP contribution in [0.5, 0.6) is 0 Å². The van der Waals surface area contributed by atoms with Crippen LogP contribution in [0.25, 0.3) is 0 Å². The van der Waals surface area contributed by atoms with Crippen molar-refractivity contribution in [2.24, 2.45) is 7.05 Å². The number of hydrogen-bond donors (Lipinski definition) is 0. The minimum Gasteiger partial charge on any atom is -0.308 e. The zero-order valence-electron chi connectivity index (χ0n) is 10.7. The molecule has 0 saturated carbocycles. The lowest BCUT2D eigenvalue weighted by Crippen LogP contribution is -2.28. The van der Waals surface area contributed by atoms with Crippen molar-refractivity contribution < 1.29 is 9.72 Å². The van der Waals surface area contributed by atoms with Crippen molar-refractivity contribution in [3.8, 4) is 0 Å². The Morgan fingerprint density at radius 3 is 2.75 bits per heavy atom. The van der Waals surface area contributed by atoms with Crippen molar-refractivity contribution in [1.82, 2.24) is 19.6 Å². The molecule has 0 N–H and O–H groups in total. The van der Waals surface area contributed by atoms with E-state index in [9.17, 15) is 14.9 Å². The van der Waals surface area contributed by atoms with E-state index in [1.807, 2.05) is 0 Å². The van der Waals surface area contributed by atoms with Crippen LogP contribution in [0.2, 0.25) is 0 Å². The summed E-state index contributed by atoms with van der Waals surface area (Å²) >= 11 is 0. The maximum Gasteiger partial charge on any atom is 0.307 e. The SMILES string of the molecule is Cn1cc(N2CC[C@@H](n3cc([N+](=O)[O-])cn3)C2=O)cn1. The second-order valence-corrected chi connectivity index (χ2v) is 4.60. The standard InChI is InChI=1S/C11H12N6O3/c1-14-6-8(4-12-14)15-3-2-10(11(15)18)16-7-9(5-13-16)17(19)20/h4-7,10H,2-3H2,1H3/t10-/m1/s1. The van der Waals surface area contributed by atoms with Gasteiger partial charge in [0.1, 0.15) is 18.4 Å². The summed E-state index contributed by atoms with van der Waals surface area (Å²) in [6.07, 6.45) is 6.37. The van der Waals surface area contributed by atoms with Crippen LogP contribution >= 0.6 is 0 Å². The maximum absolute atomic E-state index is 12.4. The van der Waals surface area contributed by atoms with Gasteiger partial charge in [-0.05, 0) is 6.42 Å². The van der Waals surface area contributed by atoms with Gasteiger partial charge in [-0.3, -0.25) is 24.3 Å². The highest BCUT2D eigenvalue weighted by atomic mass is 16.6. The maximum atomic E-state index is 12.4. The van der Waals surface area contributed by atoms with Gasteiger partial charge in [0.05, 0.1) is 16.8 Å². The molecule has 0 aromatic carbocycles. The Kier molecular flexibility index (Phi) is 2.74. The number of aromatic nitrogens is 4. The highest BCUT2D eigenvalue weighted by Crippen LogP contribution is 2.28. The lowest BCUT2D eigenvalue weighted by atomic mass is 10.2. The molecule has 1 aliphatic heterocycles. The zero-order chi connectivity index (χ0) is 14.3. The first-order chi connectivity index (χ1) is 9.56. The molecule has 2 aromatic heterocycles. The molecule has 0 spiro atoms. The van der Waals surface area contributed by atoms with E-state index in [2.05, 4.69) is 10.2 Å². The summed E-state index contributed by atoms with van der Waals surface area (Å²) in [6.45, 7) is 0.544. The van der Waals surface area contributed by atoms with Gasteiger partial charge in [0.25, 0.3) is 5.91 Å². The van der Waals surface area contributed by atoms with Gasteiger partial charge in [0, 0.05) is 19.8 Å². The Balaban J connectivity index is 1.83. The normalized spacial score (nSPS) is 18.8. The molecule has 9 nitrogen and oxygen atoms in total. The van der Waals surface area contributed by atoms with Crippen LogP contribution in [0, 0.1) is 10.1 Å². The predicted octanol–water partition coefficient (Wildman–Crippen LogP) is 0.503. The number of anilines is 1. The molecule has 3 heterocycles. The summed E-state index contributed by atoms with van der Waals surface area (Å²) in [7, 11) is 1.78. The van der Waals surface area contributed by atoms with Crippen LogP contribution in [-0.4, -0.2) is 36.9 Å². The first-order valence-electron chi connectivity index (χ1n) is 6.05. The number of hydrogen-bond acceptors (Lipinski definition) is 5. The van der Waals surface area contributed by atoms with Gasteiger partial charge in [-0.25, -0.2) is 0 Å². The van der Waals surface area contributed by atoms with E-state index >= 15 is 0 Å². The molecule has 1 fully saturated rings. The van der Waals surface area contributed by atoms with Gasteiger partial charge in [0.2, 0.25) is 0 Å². The molecule has 1 saturated heterocycles. The second kappa shape index (κ2) is 4.44. The van der Waals surface area contributed by atoms with E-state index < -0.39 is 11.0 Å². The Bertz CT molecular complexity index is 675. The van der Waals surface area contributed by atoms with Crippen LogP contribution < -0.4 is 4.90 Å². The fraction of sp³-hybridized carbons (Fsp3) is 0.364. The van der Waals surface area contributed by atoms with E-state index in [-0.39, 0.29) is 11.6 Å². The molecule has 1 amide bonds. The second-order valence-electron chi connectivity index (χ2n) is 4.60. The fourth-order valence-electron chi connectivity index (χ4n) is 2.31. The number of carbonyl (C=O) groups is 1. The number of carbonyl (C=O) groups excluding carboxylic acids is 1. The molecule has 0 aliphatic carbocycles. The lowest BCUT2D eigenvalue weighted by Gasteiger charge is -2.14. The third kappa shape index (κ3) is 1.92. The highest BCUT2D eigenvalue weighted by Gasteiger charge is 2.35. The summed E-state index contributed by atoms with van der Waals surface area (Å²) in [5.74, 6) is -0.129. The van der Waals surface area contributed by atoms with E-state index in [0.29, 0.717) is 13.0 Å². The van der Waals surface area contributed by atoms with Crippen molar-refractivity contribution in [3.63, 3.8) is 0 Å². The van der Waals surface area contributed by atoms with Crippen LogP contribution in [0.15, 0.2) is 24.8 Å². The Labute approximate surface area is 113 Å². The van der Waals surface area contributed by atoms with Gasteiger partial charge in [-0.1, -0.05) is 0 Å². The van der Waals surface area contributed by atoms with E-state index in [0.717, 1.165) is 11.9 Å². The van der Waals surface area contributed by atoms with Crippen molar-refractivity contribution in [2.45, 2.75) is 12.5 Å². The quantitative estimate of drug-likeness (QED) is 0.600. The minimum absolute atomic E-state index is 0.113. The molecule has 1 atom stereocenters. The summed E-state index contributed by atoms with van der Waals surface area (Å²) in [5.41, 5.74) is 0.610. The number of rotatable bonds is 3. The number of amides is 1. The average Bonchev–Trinajstić information content (AvgIpc) is 3.08. The van der Waals surface area contributed by atoms with Crippen LogP contribution in [0.3, 0.4) is 0 Å². The van der Waals surface area contributed by atoms with Gasteiger partial charge in [-0.15, -0.1) is 0 Å². The molecule has 104 valence electrons. The molecular weight excluding hydrogens is 264 g/mol. The Morgan fingerprint density at radius 2 is 2.15 bits per heavy atom. The molecule has 9 heteroatoms. The zero-order valence-corrected chi connectivity index (χ0v) is 10.7. The summed E-state index contributed by atoms with van der Waals surface area (Å²) < 4.78 is 2.98. The van der Waals surface area contributed by atoms with Crippen molar-refractivity contribution in [3.05, 3.63) is 34.9 Å². The van der Waals surface area contributed by atoms with E-state index in [1.54, 1.807) is 29.0 Å². The van der Waals surface area contributed by atoms with E-state index in [1.165, 1.54) is 10.9 Å². The van der Waals surface area contributed by atoms with Gasteiger partial charge >= 0.3 is 5.69 Å². The van der Waals surface area contributed by atoms with Gasteiger partial charge < -0.3 is 4.90 Å². The minimum atomic E-state index is -0.526. The highest BCUT2D eigenvalue weighted by molar-refractivity contribution is 5.98. The van der Waals surface area contributed by atoms with Gasteiger partial charge in [-0.2, -0.15) is 10.2 Å². The van der Waals surface area contributed by atoms with E-state index in [4.69, 9.17) is 0 Å².